The fourth-order valence-electron chi connectivity index (χ4n) is 4.04. The summed E-state index contributed by atoms with van der Waals surface area (Å²) in [5.41, 5.74) is 3.12. The maximum Gasteiger partial charge on any atom is 0.162 e. The Morgan fingerprint density at radius 1 is 0.806 bits per heavy atom. The molecule has 1 aliphatic heterocycles. The molecule has 7 heteroatoms. The van der Waals surface area contributed by atoms with Crippen molar-refractivity contribution in [2.45, 2.75) is 33.2 Å². The summed E-state index contributed by atoms with van der Waals surface area (Å²) in [7, 11) is 6.60. The maximum absolute atomic E-state index is 5.63. The molecule has 0 saturated heterocycles. The van der Waals surface area contributed by atoms with Gasteiger partial charge in [0.1, 0.15) is 11.9 Å². The molecule has 2 aromatic rings. The largest absolute Gasteiger partial charge is 0.493 e. The summed E-state index contributed by atoms with van der Waals surface area (Å²) in [5.74, 6) is 3.76. The monoisotopic (exact) mass is 427 g/mol. The minimum atomic E-state index is -0.198. The van der Waals surface area contributed by atoms with Crippen LogP contribution in [0.25, 0.3) is 0 Å². The molecule has 1 aliphatic rings. The molecule has 0 aliphatic carbocycles. The Morgan fingerprint density at radius 3 is 1.94 bits per heavy atom. The van der Waals surface area contributed by atoms with Crippen molar-refractivity contribution < 1.29 is 18.9 Å². The van der Waals surface area contributed by atoms with Crippen molar-refractivity contribution in [3.05, 3.63) is 41.5 Å². The minimum Gasteiger partial charge on any atom is -0.493 e. The number of hydrogen-bond acceptors (Lipinski definition) is 7. The van der Waals surface area contributed by atoms with E-state index in [1.54, 1.807) is 28.4 Å². The molecule has 0 saturated carbocycles. The Balaban J connectivity index is 2.26. The Labute approximate surface area is 185 Å². The van der Waals surface area contributed by atoms with Crippen LogP contribution < -0.4 is 24.0 Å². The van der Waals surface area contributed by atoms with Crippen LogP contribution in [0.5, 0.6) is 23.0 Å². The molecule has 1 unspecified atom stereocenters. The highest BCUT2D eigenvalue weighted by atomic mass is 16.5. The Kier molecular flexibility index (Phi) is 7.28. The van der Waals surface area contributed by atoms with E-state index in [4.69, 9.17) is 23.9 Å². The molecule has 0 spiro atoms. The second kappa shape index (κ2) is 9.92. The number of ether oxygens (including phenoxy) is 4. The van der Waals surface area contributed by atoms with E-state index >= 15 is 0 Å². The quantitative estimate of drug-likeness (QED) is 0.578. The normalized spacial score (nSPS) is 15.4. The van der Waals surface area contributed by atoms with Gasteiger partial charge in [-0.3, -0.25) is 10.0 Å². The van der Waals surface area contributed by atoms with Gasteiger partial charge in [0.25, 0.3) is 0 Å². The van der Waals surface area contributed by atoms with Crippen LogP contribution in [0.15, 0.2) is 35.3 Å². The first kappa shape index (κ1) is 22.7. The van der Waals surface area contributed by atoms with Crippen LogP contribution in [0.3, 0.4) is 0 Å². The third-order valence-electron chi connectivity index (χ3n) is 5.63. The summed E-state index contributed by atoms with van der Waals surface area (Å²) in [5, 5.41) is 4.49. The predicted molar refractivity (Wildman–Crippen MR) is 124 cm³/mol. The van der Waals surface area contributed by atoms with Crippen LogP contribution >= 0.6 is 0 Å². The van der Waals surface area contributed by atoms with Crippen molar-refractivity contribution in [1.29, 1.82) is 0 Å². The third kappa shape index (κ3) is 4.14. The number of nitrogens with zero attached hydrogens (tertiary/aromatic N) is 3. The number of aliphatic imine (C=N–C) groups is 1. The number of hydrogen-bond donors (Lipinski definition) is 0. The van der Waals surface area contributed by atoms with Gasteiger partial charge in [-0.25, -0.2) is 5.01 Å². The topological polar surface area (TPSA) is 55.8 Å². The number of benzene rings is 2. The summed E-state index contributed by atoms with van der Waals surface area (Å²) in [6, 6.07) is 9.83. The summed E-state index contributed by atoms with van der Waals surface area (Å²) in [6.07, 6.45) is 0.800. The molecule has 168 valence electrons. The van der Waals surface area contributed by atoms with Crippen LogP contribution in [-0.2, 0) is 0 Å². The van der Waals surface area contributed by atoms with Crippen LogP contribution in [0.2, 0.25) is 0 Å². The number of amidine groups is 1. The van der Waals surface area contributed by atoms with Gasteiger partial charge in [0.15, 0.2) is 23.0 Å². The SMILES string of the molecule is CCC1=NC(c2ccc(OC)c(OC)c2)c2cc(OC)c(OC)cc2N1N(CC)CC. The predicted octanol–water partition coefficient (Wildman–Crippen LogP) is 4.70. The summed E-state index contributed by atoms with van der Waals surface area (Å²) in [4.78, 5) is 5.18. The molecule has 3 rings (SSSR count). The number of rotatable bonds is 9. The summed E-state index contributed by atoms with van der Waals surface area (Å²) in [6.45, 7) is 8.16. The molecule has 1 heterocycles. The molecule has 0 amide bonds. The third-order valence-corrected chi connectivity index (χ3v) is 5.63. The van der Waals surface area contributed by atoms with E-state index in [2.05, 4.69) is 30.8 Å². The fraction of sp³-hybridized carbons (Fsp3) is 0.458. The Bertz CT molecular complexity index is 941. The molecule has 2 aromatic carbocycles. The Morgan fingerprint density at radius 2 is 1.39 bits per heavy atom. The van der Waals surface area contributed by atoms with Crippen LogP contribution in [0.1, 0.15) is 44.4 Å². The summed E-state index contributed by atoms with van der Waals surface area (Å²) < 4.78 is 22.2. The van der Waals surface area contributed by atoms with Gasteiger partial charge < -0.3 is 18.9 Å². The first-order valence-corrected chi connectivity index (χ1v) is 10.7. The second-order valence-electron chi connectivity index (χ2n) is 7.13. The van der Waals surface area contributed by atoms with Crippen molar-refractivity contribution in [3.63, 3.8) is 0 Å². The number of methoxy groups -OCH3 is 4. The highest BCUT2D eigenvalue weighted by Crippen LogP contribution is 2.45. The van der Waals surface area contributed by atoms with Crippen LogP contribution in [-0.4, -0.2) is 52.4 Å². The van der Waals surface area contributed by atoms with E-state index in [1.165, 1.54) is 0 Å². The molecule has 0 aromatic heterocycles. The molecule has 0 N–H and O–H groups in total. The van der Waals surface area contributed by atoms with Crippen molar-refractivity contribution in [2.24, 2.45) is 4.99 Å². The zero-order chi connectivity index (χ0) is 22.5. The highest BCUT2D eigenvalue weighted by molar-refractivity contribution is 6.00. The van der Waals surface area contributed by atoms with Crippen molar-refractivity contribution in [2.75, 3.05) is 46.5 Å². The lowest BCUT2D eigenvalue weighted by Crippen LogP contribution is -2.48. The minimum absolute atomic E-state index is 0.198. The molecule has 0 bridgehead atoms. The zero-order valence-corrected chi connectivity index (χ0v) is 19.6. The lowest BCUT2D eigenvalue weighted by Gasteiger charge is -2.41. The fourth-order valence-corrected chi connectivity index (χ4v) is 4.04. The highest BCUT2D eigenvalue weighted by Gasteiger charge is 2.32. The molecule has 0 fully saturated rings. The lowest BCUT2D eigenvalue weighted by atomic mass is 9.94. The van der Waals surface area contributed by atoms with Crippen molar-refractivity contribution >= 4 is 11.5 Å². The molecular formula is C24H33N3O4. The molecule has 7 nitrogen and oxygen atoms in total. The standard InChI is InChI=1S/C24H33N3O4/c1-8-23-25-24(16-11-12-19(28-4)20(13-16)29-5)17-14-21(30-6)22(31-7)15-18(17)27(23)26(9-2)10-3/h11-15,24H,8-10H2,1-7H3. The van der Waals surface area contributed by atoms with Gasteiger partial charge in [-0.1, -0.05) is 26.8 Å². The number of anilines is 1. The smallest absolute Gasteiger partial charge is 0.162 e. The van der Waals surface area contributed by atoms with E-state index in [1.807, 2.05) is 30.3 Å². The van der Waals surface area contributed by atoms with E-state index in [9.17, 15) is 0 Å². The zero-order valence-electron chi connectivity index (χ0n) is 19.6. The van der Waals surface area contributed by atoms with E-state index in [0.717, 1.165) is 42.2 Å². The lowest BCUT2D eigenvalue weighted by molar-refractivity contribution is 0.310. The Hall–Kier alpha value is -2.93. The van der Waals surface area contributed by atoms with E-state index < -0.39 is 0 Å². The van der Waals surface area contributed by atoms with Gasteiger partial charge in [-0.05, 0) is 23.8 Å². The molecule has 31 heavy (non-hydrogen) atoms. The molecule has 1 atom stereocenters. The van der Waals surface area contributed by atoms with Gasteiger partial charge in [0.2, 0.25) is 0 Å². The van der Waals surface area contributed by atoms with Gasteiger partial charge >= 0.3 is 0 Å². The average Bonchev–Trinajstić information content (AvgIpc) is 2.83. The van der Waals surface area contributed by atoms with Gasteiger partial charge in [0.05, 0.1) is 34.1 Å². The first-order valence-electron chi connectivity index (χ1n) is 10.7. The van der Waals surface area contributed by atoms with E-state index in [0.29, 0.717) is 23.0 Å². The van der Waals surface area contributed by atoms with Gasteiger partial charge in [-0.15, -0.1) is 0 Å². The van der Waals surface area contributed by atoms with Crippen molar-refractivity contribution in [1.82, 2.24) is 5.01 Å². The molecular weight excluding hydrogens is 394 g/mol. The van der Waals surface area contributed by atoms with E-state index in [-0.39, 0.29) is 6.04 Å². The average molecular weight is 428 g/mol. The summed E-state index contributed by atoms with van der Waals surface area (Å²) >= 11 is 0. The van der Waals surface area contributed by atoms with Gasteiger partial charge in [-0.2, -0.15) is 0 Å². The van der Waals surface area contributed by atoms with Crippen molar-refractivity contribution in [3.8, 4) is 23.0 Å². The number of hydrazine groups is 1. The van der Waals surface area contributed by atoms with Crippen LogP contribution in [0.4, 0.5) is 5.69 Å². The first-order chi connectivity index (χ1) is 15.1. The van der Waals surface area contributed by atoms with Gasteiger partial charge in [0, 0.05) is 31.1 Å². The number of fused-ring (bicyclic) bond motifs is 1. The molecule has 0 radical (unpaired) electrons. The maximum atomic E-state index is 5.63. The van der Waals surface area contributed by atoms with Crippen LogP contribution in [0, 0.1) is 0 Å². The second-order valence-corrected chi connectivity index (χ2v) is 7.13.